The molecular weight excluding hydrogens is 236 g/mol. The maximum absolute atomic E-state index is 13.5. The second-order valence-corrected chi connectivity index (χ2v) is 3.79. The molecule has 0 N–H and O–H groups in total. The Bertz CT molecular complexity index is 522. The molecular formula is C14H11F2NO. The first kappa shape index (κ1) is 12.2. The van der Waals surface area contributed by atoms with Crippen molar-refractivity contribution in [2.75, 3.05) is 4.90 Å². The molecule has 0 aliphatic heterocycles. The van der Waals surface area contributed by atoms with E-state index in [0.29, 0.717) is 6.41 Å². The standard InChI is InChI=1S/C14H11F2NO/c15-12-7-4-8-13(16)14(12)17(10-18)9-11-5-2-1-3-6-11/h1-8,10H,9H2. The van der Waals surface area contributed by atoms with E-state index in [-0.39, 0.29) is 12.2 Å². The third-order valence-corrected chi connectivity index (χ3v) is 2.55. The Labute approximate surface area is 103 Å². The fourth-order valence-corrected chi connectivity index (χ4v) is 1.71. The van der Waals surface area contributed by atoms with E-state index in [1.807, 2.05) is 6.07 Å². The summed E-state index contributed by atoms with van der Waals surface area (Å²) in [7, 11) is 0. The SMILES string of the molecule is O=CN(Cc1ccccc1)c1c(F)cccc1F. The number of nitrogens with zero attached hydrogens (tertiary/aromatic N) is 1. The van der Waals surface area contributed by atoms with E-state index in [1.165, 1.54) is 6.07 Å². The second-order valence-electron chi connectivity index (χ2n) is 3.79. The number of para-hydroxylation sites is 1. The fraction of sp³-hybridized carbons (Fsp3) is 0.0714. The van der Waals surface area contributed by atoms with Gasteiger partial charge in [0, 0.05) is 0 Å². The number of amides is 1. The Morgan fingerprint density at radius 2 is 1.56 bits per heavy atom. The van der Waals surface area contributed by atoms with E-state index in [2.05, 4.69) is 0 Å². The predicted octanol–water partition coefficient (Wildman–Crippen LogP) is 3.13. The quantitative estimate of drug-likeness (QED) is 0.760. The van der Waals surface area contributed by atoms with Gasteiger partial charge in [-0.1, -0.05) is 36.4 Å². The van der Waals surface area contributed by atoms with Crippen LogP contribution in [0.3, 0.4) is 0 Å². The number of halogens is 2. The van der Waals surface area contributed by atoms with Gasteiger partial charge in [0.05, 0.1) is 6.54 Å². The summed E-state index contributed by atoms with van der Waals surface area (Å²) in [4.78, 5) is 12.0. The van der Waals surface area contributed by atoms with Gasteiger partial charge in [-0.25, -0.2) is 8.78 Å². The van der Waals surface area contributed by atoms with E-state index in [1.54, 1.807) is 24.3 Å². The summed E-state index contributed by atoms with van der Waals surface area (Å²) >= 11 is 0. The number of hydrogen-bond acceptors (Lipinski definition) is 1. The molecule has 92 valence electrons. The first-order chi connectivity index (χ1) is 8.72. The van der Waals surface area contributed by atoms with Crippen LogP contribution in [0.1, 0.15) is 5.56 Å². The van der Waals surface area contributed by atoms with E-state index in [9.17, 15) is 13.6 Å². The molecule has 0 heterocycles. The molecule has 1 amide bonds. The molecule has 0 fully saturated rings. The van der Waals surface area contributed by atoms with Crippen LogP contribution >= 0.6 is 0 Å². The molecule has 0 spiro atoms. The molecule has 18 heavy (non-hydrogen) atoms. The van der Waals surface area contributed by atoms with Crippen molar-refractivity contribution in [1.29, 1.82) is 0 Å². The minimum atomic E-state index is -0.752. The summed E-state index contributed by atoms with van der Waals surface area (Å²) in [5.74, 6) is -1.50. The topological polar surface area (TPSA) is 20.3 Å². The number of anilines is 1. The Balaban J connectivity index is 2.32. The van der Waals surface area contributed by atoms with Crippen LogP contribution in [0.4, 0.5) is 14.5 Å². The number of hydrogen-bond donors (Lipinski definition) is 0. The van der Waals surface area contributed by atoms with Crippen LogP contribution in [0.15, 0.2) is 48.5 Å². The van der Waals surface area contributed by atoms with Gasteiger partial charge in [-0.15, -0.1) is 0 Å². The Morgan fingerprint density at radius 1 is 0.944 bits per heavy atom. The van der Waals surface area contributed by atoms with Crippen LogP contribution < -0.4 is 4.90 Å². The lowest BCUT2D eigenvalue weighted by molar-refractivity contribution is -0.107. The largest absolute Gasteiger partial charge is 0.305 e. The lowest BCUT2D eigenvalue weighted by atomic mass is 10.2. The molecule has 0 atom stereocenters. The Kier molecular flexibility index (Phi) is 3.67. The highest BCUT2D eigenvalue weighted by atomic mass is 19.1. The van der Waals surface area contributed by atoms with Gasteiger partial charge < -0.3 is 4.90 Å². The van der Waals surface area contributed by atoms with Crippen LogP contribution in [-0.2, 0) is 11.3 Å². The molecule has 0 bridgehead atoms. The molecule has 2 aromatic rings. The highest BCUT2D eigenvalue weighted by molar-refractivity contribution is 5.75. The third-order valence-electron chi connectivity index (χ3n) is 2.55. The van der Waals surface area contributed by atoms with Crippen LogP contribution in [0, 0.1) is 11.6 Å². The smallest absolute Gasteiger partial charge is 0.214 e. The number of carbonyl (C=O) groups excluding carboxylic acids is 1. The molecule has 0 aromatic heterocycles. The van der Waals surface area contributed by atoms with E-state index >= 15 is 0 Å². The van der Waals surface area contributed by atoms with Crippen LogP contribution in [-0.4, -0.2) is 6.41 Å². The molecule has 0 aliphatic rings. The molecule has 2 aromatic carbocycles. The first-order valence-corrected chi connectivity index (χ1v) is 5.42. The average Bonchev–Trinajstić information content (AvgIpc) is 2.38. The minimum absolute atomic E-state index is 0.127. The highest BCUT2D eigenvalue weighted by Gasteiger charge is 2.16. The van der Waals surface area contributed by atoms with Crippen LogP contribution in [0.25, 0.3) is 0 Å². The number of rotatable bonds is 4. The predicted molar refractivity (Wildman–Crippen MR) is 65.0 cm³/mol. The van der Waals surface area contributed by atoms with Crippen molar-refractivity contribution < 1.29 is 13.6 Å². The molecule has 4 heteroatoms. The van der Waals surface area contributed by atoms with Crippen LogP contribution in [0.2, 0.25) is 0 Å². The number of benzene rings is 2. The monoisotopic (exact) mass is 247 g/mol. The lowest BCUT2D eigenvalue weighted by Gasteiger charge is -2.18. The Morgan fingerprint density at radius 3 is 2.11 bits per heavy atom. The molecule has 0 radical (unpaired) electrons. The van der Waals surface area contributed by atoms with Gasteiger partial charge in [-0.3, -0.25) is 4.79 Å². The maximum atomic E-state index is 13.5. The average molecular weight is 247 g/mol. The zero-order chi connectivity index (χ0) is 13.0. The third kappa shape index (κ3) is 2.53. The Hall–Kier alpha value is -2.23. The van der Waals surface area contributed by atoms with Gasteiger partial charge >= 0.3 is 0 Å². The van der Waals surface area contributed by atoms with Gasteiger partial charge in [0.15, 0.2) is 0 Å². The summed E-state index contributed by atoms with van der Waals surface area (Å²) in [6.07, 6.45) is 0.425. The van der Waals surface area contributed by atoms with E-state index < -0.39 is 11.6 Å². The maximum Gasteiger partial charge on any atom is 0.214 e. The lowest BCUT2D eigenvalue weighted by Crippen LogP contribution is -2.22. The minimum Gasteiger partial charge on any atom is -0.305 e. The van der Waals surface area contributed by atoms with E-state index in [0.717, 1.165) is 22.6 Å². The van der Waals surface area contributed by atoms with Crippen LogP contribution in [0.5, 0.6) is 0 Å². The summed E-state index contributed by atoms with van der Waals surface area (Å²) in [6.45, 7) is 0.127. The number of carbonyl (C=O) groups is 1. The van der Waals surface area contributed by atoms with Crippen molar-refractivity contribution in [3.63, 3.8) is 0 Å². The summed E-state index contributed by atoms with van der Waals surface area (Å²) in [5.41, 5.74) is 0.476. The van der Waals surface area contributed by atoms with Gasteiger partial charge in [0.2, 0.25) is 6.41 Å². The highest BCUT2D eigenvalue weighted by Crippen LogP contribution is 2.23. The first-order valence-electron chi connectivity index (χ1n) is 5.42. The molecule has 0 saturated heterocycles. The van der Waals surface area contributed by atoms with Gasteiger partial charge in [0.25, 0.3) is 0 Å². The molecule has 0 saturated carbocycles. The van der Waals surface area contributed by atoms with Gasteiger partial charge in [0.1, 0.15) is 17.3 Å². The molecule has 0 unspecified atom stereocenters. The van der Waals surface area contributed by atoms with Crippen molar-refractivity contribution in [2.24, 2.45) is 0 Å². The molecule has 2 nitrogen and oxygen atoms in total. The van der Waals surface area contributed by atoms with Crippen molar-refractivity contribution in [3.8, 4) is 0 Å². The van der Waals surface area contributed by atoms with Crippen molar-refractivity contribution in [3.05, 3.63) is 65.7 Å². The summed E-state index contributed by atoms with van der Waals surface area (Å²) in [5, 5.41) is 0. The normalized spacial score (nSPS) is 10.1. The summed E-state index contributed by atoms with van der Waals surface area (Å²) in [6, 6.07) is 12.5. The van der Waals surface area contributed by atoms with Gasteiger partial charge in [-0.05, 0) is 17.7 Å². The van der Waals surface area contributed by atoms with Crippen molar-refractivity contribution >= 4 is 12.1 Å². The zero-order valence-corrected chi connectivity index (χ0v) is 9.51. The summed E-state index contributed by atoms with van der Waals surface area (Å²) < 4.78 is 27.1. The van der Waals surface area contributed by atoms with Crippen molar-refractivity contribution in [2.45, 2.75) is 6.54 Å². The van der Waals surface area contributed by atoms with E-state index in [4.69, 9.17) is 0 Å². The van der Waals surface area contributed by atoms with Gasteiger partial charge in [-0.2, -0.15) is 0 Å². The second kappa shape index (κ2) is 5.40. The van der Waals surface area contributed by atoms with Crippen molar-refractivity contribution in [1.82, 2.24) is 0 Å². The zero-order valence-electron chi connectivity index (χ0n) is 9.51. The molecule has 0 aliphatic carbocycles. The molecule has 2 rings (SSSR count). The fourth-order valence-electron chi connectivity index (χ4n) is 1.71.